The summed E-state index contributed by atoms with van der Waals surface area (Å²) >= 11 is 0. The van der Waals surface area contributed by atoms with E-state index >= 15 is 0 Å². The first-order valence-corrected chi connectivity index (χ1v) is 6.88. The fourth-order valence-electron chi connectivity index (χ4n) is 2.25. The Morgan fingerprint density at radius 3 is 2.67 bits per heavy atom. The van der Waals surface area contributed by atoms with Crippen molar-refractivity contribution in [1.29, 1.82) is 0 Å². The molecular formula is C17H16N2O2. The lowest BCUT2D eigenvalue weighted by Crippen LogP contribution is -2.13. The number of rotatable bonds is 2. The number of nitrogens with one attached hydrogen (secondary N) is 2. The van der Waals surface area contributed by atoms with Gasteiger partial charge in [0, 0.05) is 17.1 Å². The summed E-state index contributed by atoms with van der Waals surface area (Å²) in [7, 11) is 0. The summed E-state index contributed by atoms with van der Waals surface area (Å²) in [5.41, 5.74) is 4.90. The standard InChI is InChI=1S/C17H16N2O2/c1-2-21-17(20)18-14-10-9-13-8-7-12-5-3-4-6-15(12)19-16(13)11-14/h3-11,19H,2H2,1H3,(H,18,20). The number of hydrogen-bond acceptors (Lipinski definition) is 3. The first kappa shape index (κ1) is 13.2. The minimum Gasteiger partial charge on any atom is -0.450 e. The van der Waals surface area contributed by atoms with Crippen LogP contribution in [0.1, 0.15) is 18.1 Å². The second-order valence-electron chi connectivity index (χ2n) is 4.69. The Balaban J connectivity index is 1.89. The number of carbonyl (C=O) groups excluding carboxylic acids is 1. The first-order chi connectivity index (χ1) is 10.3. The fraction of sp³-hybridized carbons (Fsp3) is 0.118. The highest BCUT2D eigenvalue weighted by Crippen LogP contribution is 2.31. The van der Waals surface area contributed by atoms with Crippen molar-refractivity contribution in [3.8, 4) is 0 Å². The normalized spacial score (nSPS) is 11.7. The van der Waals surface area contributed by atoms with Crippen LogP contribution in [-0.2, 0) is 4.74 Å². The molecule has 4 nitrogen and oxygen atoms in total. The van der Waals surface area contributed by atoms with Crippen LogP contribution < -0.4 is 10.6 Å². The molecule has 0 spiro atoms. The van der Waals surface area contributed by atoms with Gasteiger partial charge in [0.05, 0.1) is 6.61 Å². The summed E-state index contributed by atoms with van der Waals surface area (Å²) in [6.07, 6.45) is 3.69. The number of fused-ring (bicyclic) bond motifs is 2. The highest BCUT2D eigenvalue weighted by Gasteiger charge is 2.10. The molecule has 0 saturated carbocycles. The molecule has 2 N–H and O–H groups in total. The van der Waals surface area contributed by atoms with E-state index < -0.39 is 6.09 Å². The Morgan fingerprint density at radius 2 is 1.86 bits per heavy atom. The summed E-state index contributed by atoms with van der Waals surface area (Å²) in [6.45, 7) is 2.13. The van der Waals surface area contributed by atoms with Gasteiger partial charge in [0.15, 0.2) is 0 Å². The second-order valence-corrected chi connectivity index (χ2v) is 4.69. The van der Waals surface area contributed by atoms with Gasteiger partial charge < -0.3 is 10.1 Å². The summed E-state index contributed by atoms with van der Waals surface area (Å²) in [5, 5.41) is 6.11. The van der Waals surface area contributed by atoms with Crippen molar-refractivity contribution in [2.75, 3.05) is 17.2 Å². The molecule has 0 saturated heterocycles. The summed E-state index contributed by atoms with van der Waals surface area (Å²) < 4.78 is 4.89. The van der Waals surface area contributed by atoms with Gasteiger partial charge >= 0.3 is 6.09 Å². The van der Waals surface area contributed by atoms with E-state index in [-0.39, 0.29) is 0 Å². The summed E-state index contributed by atoms with van der Waals surface area (Å²) in [5.74, 6) is 0. The van der Waals surface area contributed by atoms with E-state index in [0.29, 0.717) is 12.3 Å². The van der Waals surface area contributed by atoms with E-state index in [1.807, 2.05) is 36.4 Å². The first-order valence-electron chi connectivity index (χ1n) is 6.88. The lowest BCUT2D eigenvalue weighted by atomic mass is 10.1. The van der Waals surface area contributed by atoms with Crippen molar-refractivity contribution in [1.82, 2.24) is 0 Å². The van der Waals surface area contributed by atoms with Crippen molar-refractivity contribution in [3.63, 3.8) is 0 Å². The molecule has 0 fully saturated rings. The van der Waals surface area contributed by atoms with Gasteiger partial charge in [-0.2, -0.15) is 0 Å². The van der Waals surface area contributed by atoms with Gasteiger partial charge in [0.1, 0.15) is 0 Å². The Bertz CT molecular complexity index is 708. The predicted octanol–water partition coefficient (Wildman–Crippen LogP) is 4.48. The number of amides is 1. The summed E-state index contributed by atoms with van der Waals surface area (Å²) in [6, 6.07) is 13.8. The maximum atomic E-state index is 11.5. The molecule has 1 aliphatic heterocycles. The second kappa shape index (κ2) is 5.71. The molecule has 1 aliphatic rings. The highest BCUT2D eigenvalue weighted by atomic mass is 16.5. The topological polar surface area (TPSA) is 50.4 Å². The van der Waals surface area contributed by atoms with Crippen LogP contribution in [0.3, 0.4) is 0 Å². The monoisotopic (exact) mass is 280 g/mol. The molecule has 0 atom stereocenters. The van der Waals surface area contributed by atoms with Crippen LogP contribution in [0.25, 0.3) is 12.2 Å². The lowest BCUT2D eigenvalue weighted by molar-refractivity contribution is 0.168. The van der Waals surface area contributed by atoms with Crippen LogP contribution >= 0.6 is 0 Å². The van der Waals surface area contributed by atoms with Crippen LogP contribution in [-0.4, -0.2) is 12.7 Å². The van der Waals surface area contributed by atoms with Gasteiger partial charge in [0.2, 0.25) is 0 Å². The molecule has 4 heteroatoms. The van der Waals surface area contributed by atoms with Crippen LogP contribution in [0, 0.1) is 0 Å². The minimum absolute atomic E-state index is 0.352. The average Bonchev–Trinajstić information content (AvgIpc) is 2.66. The van der Waals surface area contributed by atoms with Gasteiger partial charge in [-0.3, -0.25) is 5.32 Å². The van der Waals surface area contributed by atoms with Crippen LogP contribution in [0.4, 0.5) is 21.9 Å². The molecular weight excluding hydrogens is 264 g/mol. The Morgan fingerprint density at radius 1 is 1.10 bits per heavy atom. The molecule has 0 radical (unpaired) electrons. The van der Waals surface area contributed by atoms with E-state index in [1.165, 1.54) is 0 Å². The molecule has 1 heterocycles. The van der Waals surface area contributed by atoms with Gasteiger partial charge in [-0.1, -0.05) is 36.4 Å². The van der Waals surface area contributed by atoms with Crippen molar-refractivity contribution in [2.24, 2.45) is 0 Å². The molecule has 0 aliphatic carbocycles. The quantitative estimate of drug-likeness (QED) is 0.727. The Labute approximate surface area is 123 Å². The molecule has 2 aromatic carbocycles. The number of para-hydroxylation sites is 1. The molecule has 2 aromatic rings. The van der Waals surface area contributed by atoms with Crippen LogP contribution in [0.5, 0.6) is 0 Å². The Kier molecular flexibility index (Phi) is 3.60. The molecule has 1 amide bonds. The summed E-state index contributed by atoms with van der Waals surface area (Å²) in [4.78, 5) is 11.5. The number of benzene rings is 2. The van der Waals surface area contributed by atoms with Gasteiger partial charge in [-0.05, 0) is 36.2 Å². The SMILES string of the molecule is CCOC(=O)Nc1ccc2c(c1)Nc1ccccc1C=C2. The molecule has 0 bridgehead atoms. The smallest absolute Gasteiger partial charge is 0.411 e. The Hall–Kier alpha value is -2.75. The third kappa shape index (κ3) is 2.89. The van der Waals surface area contributed by atoms with Crippen LogP contribution in [0.2, 0.25) is 0 Å². The van der Waals surface area contributed by atoms with Crippen molar-refractivity contribution < 1.29 is 9.53 Å². The zero-order valence-electron chi connectivity index (χ0n) is 11.7. The zero-order chi connectivity index (χ0) is 14.7. The lowest BCUT2D eigenvalue weighted by Gasteiger charge is -2.12. The highest BCUT2D eigenvalue weighted by molar-refractivity contribution is 5.91. The van der Waals surface area contributed by atoms with Crippen molar-refractivity contribution >= 4 is 35.3 Å². The van der Waals surface area contributed by atoms with E-state index in [0.717, 1.165) is 22.5 Å². The largest absolute Gasteiger partial charge is 0.450 e. The molecule has 0 aromatic heterocycles. The molecule has 106 valence electrons. The maximum Gasteiger partial charge on any atom is 0.411 e. The minimum atomic E-state index is -0.443. The number of ether oxygens (including phenoxy) is 1. The number of anilines is 3. The van der Waals surface area contributed by atoms with Crippen molar-refractivity contribution in [3.05, 3.63) is 53.6 Å². The van der Waals surface area contributed by atoms with E-state index in [2.05, 4.69) is 28.9 Å². The fourth-order valence-corrected chi connectivity index (χ4v) is 2.25. The molecule has 3 rings (SSSR count). The van der Waals surface area contributed by atoms with E-state index in [4.69, 9.17) is 4.74 Å². The predicted molar refractivity (Wildman–Crippen MR) is 85.7 cm³/mol. The van der Waals surface area contributed by atoms with E-state index in [9.17, 15) is 4.79 Å². The number of carbonyl (C=O) groups is 1. The van der Waals surface area contributed by atoms with Gasteiger partial charge in [0.25, 0.3) is 0 Å². The number of hydrogen-bond donors (Lipinski definition) is 2. The third-order valence-corrected chi connectivity index (χ3v) is 3.25. The third-order valence-electron chi connectivity index (χ3n) is 3.25. The van der Waals surface area contributed by atoms with Gasteiger partial charge in [-0.25, -0.2) is 4.79 Å². The zero-order valence-corrected chi connectivity index (χ0v) is 11.7. The molecule has 0 unspecified atom stereocenters. The van der Waals surface area contributed by atoms with Crippen LogP contribution in [0.15, 0.2) is 42.5 Å². The maximum absolute atomic E-state index is 11.5. The van der Waals surface area contributed by atoms with E-state index in [1.54, 1.807) is 6.92 Å². The van der Waals surface area contributed by atoms with Gasteiger partial charge in [-0.15, -0.1) is 0 Å². The average molecular weight is 280 g/mol. The van der Waals surface area contributed by atoms with Crippen molar-refractivity contribution in [2.45, 2.75) is 6.92 Å². The molecule has 21 heavy (non-hydrogen) atoms.